The van der Waals surface area contributed by atoms with Crippen LogP contribution in [0.3, 0.4) is 0 Å². The van der Waals surface area contributed by atoms with E-state index >= 15 is 0 Å². The normalized spacial score (nSPS) is 12.3. The molecule has 0 spiro atoms. The summed E-state index contributed by atoms with van der Waals surface area (Å²) in [7, 11) is 2.96. The molecule has 0 fully saturated rings. The minimum atomic E-state index is -0.475. The third-order valence-corrected chi connectivity index (χ3v) is 4.79. The van der Waals surface area contributed by atoms with Crippen molar-refractivity contribution >= 4 is 17.1 Å². The summed E-state index contributed by atoms with van der Waals surface area (Å²) in [6.45, 7) is 3.97. The van der Waals surface area contributed by atoms with Gasteiger partial charge in [-0.2, -0.15) is 0 Å². The molecular weight excluding hydrogens is 346 g/mol. The molecule has 0 saturated heterocycles. The molecule has 1 atom stereocenters. The van der Waals surface area contributed by atoms with Gasteiger partial charge in [-0.1, -0.05) is 31.2 Å². The lowest BCUT2D eigenvalue weighted by Gasteiger charge is -2.15. The van der Waals surface area contributed by atoms with Crippen LogP contribution >= 0.6 is 0 Å². The molecule has 0 saturated carbocycles. The number of fused-ring (bicyclic) bond motifs is 1. The number of hydrogen-bond acceptors (Lipinski definition) is 4. The molecule has 2 heterocycles. The van der Waals surface area contributed by atoms with E-state index in [0.717, 1.165) is 16.6 Å². The summed E-state index contributed by atoms with van der Waals surface area (Å²) >= 11 is 0. The molecule has 0 aliphatic heterocycles. The molecule has 142 valence electrons. The Hall–Kier alpha value is -3.16. The highest BCUT2D eigenvalue weighted by Gasteiger charge is 2.17. The Morgan fingerprint density at radius 3 is 2.44 bits per heavy atom. The van der Waals surface area contributed by atoms with E-state index in [4.69, 9.17) is 0 Å². The molecule has 8 heteroatoms. The summed E-state index contributed by atoms with van der Waals surface area (Å²) in [5, 5.41) is 2.94. The van der Waals surface area contributed by atoms with Gasteiger partial charge in [-0.25, -0.2) is 9.78 Å². The van der Waals surface area contributed by atoms with Crippen LogP contribution in [0.4, 0.5) is 0 Å². The second-order valence-corrected chi connectivity index (χ2v) is 6.63. The molecule has 3 aromatic rings. The predicted octanol–water partition coefficient (Wildman–Crippen LogP) is 0.873. The lowest BCUT2D eigenvalue weighted by molar-refractivity contribution is -0.122. The van der Waals surface area contributed by atoms with Gasteiger partial charge in [-0.05, 0) is 24.5 Å². The van der Waals surface area contributed by atoms with Gasteiger partial charge in [0.1, 0.15) is 12.2 Å². The fourth-order valence-electron chi connectivity index (χ4n) is 3.12. The standard InChI is InChI=1S/C19H23N5O3/c1-5-13-6-8-14(9-7-13)12(2)21-15(25)10-24-11-20-16-17(24)22(3)19(27)23(4)18(16)26/h6-9,11-12H,5,10H2,1-4H3,(H,21,25)/t12-/m1/s1. The first-order chi connectivity index (χ1) is 12.8. The number of aryl methyl sites for hydroxylation is 2. The van der Waals surface area contributed by atoms with Crippen molar-refractivity contribution in [2.24, 2.45) is 14.1 Å². The minimum Gasteiger partial charge on any atom is -0.348 e. The maximum absolute atomic E-state index is 12.5. The minimum absolute atomic E-state index is 0.0334. The van der Waals surface area contributed by atoms with Gasteiger partial charge >= 0.3 is 5.69 Å². The van der Waals surface area contributed by atoms with E-state index in [1.165, 1.54) is 28.1 Å². The van der Waals surface area contributed by atoms with Crippen molar-refractivity contribution in [2.45, 2.75) is 32.9 Å². The zero-order chi connectivity index (χ0) is 19.7. The van der Waals surface area contributed by atoms with Crippen molar-refractivity contribution in [3.63, 3.8) is 0 Å². The molecule has 27 heavy (non-hydrogen) atoms. The Balaban J connectivity index is 1.82. The molecule has 2 aromatic heterocycles. The first kappa shape index (κ1) is 18.6. The van der Waals surface area contributed by atoms with Crippen molar-refractivity contribution in [2.75, 3.05) is 0 Å². The van der Waals surface area contributed by atoms with Crippen LogP contribution in [-0.4, -0.2) is 24.6 Å². The Bertz CT molecular complexity index is 1110. The fourth-order valence-corrected chi connectivity index (χ4v) is 3.12. The highest BCUT2D eigenvalue weighted by atomic mass is 16.2. The second-order valence-electron chi connectivity index (χ2n) is 6.63. The molecule has 3 rings (SSSR count). The van der Waals surface area contributed by atoms with Gasteiger partial charge < -0.3 is 9.88 Å². The van der Waals surface area contributed by atoms with Crippen molar-refractivity contribution in [1.82, 2.24) is 24.0 Å². The number of nitrogens with one attached hydrogen (secondary N) is 1. The highest BCUT2D eigenvalue weighted by Crippen LogP contribution is 2.14. The summed E-state index contributed by atoms with van der Waals surface area (Å²) in [6.07, 6.45) is 2.37. The molecule has 0 aliphatic rings. The smallest absolute Gasteiger partial charge is 0.332 e. The van der Waals surface area contributed by atoms with Gasteiger partial charge in [0, 0.05) is 14.1 Å². The maximum atomic E-state index is 12.5. The summed E-state index contributed by atoms with van der Waals surface area (Å²) in [5.74, 6) is -0.227. The van der Waals surface area contributed by atoms with E-state index in [0.29, 0.717) is 5.65 Å². The Morgan fingerprint density at radius 2 is 1.81 bits per heavy atom. The molecule has 1 aromatic carbocycles. The van der Waals surface area contributed by atoms with Gasteiger partial charge in [-0.15, -0.1) is 0 Å². The summed E-state index contributed by atoms with van der Waals surface area (Å²) in [6, 6.07) is 7.95. The van der Waals surface area contributed by atoms with E-state index in [1.807, 2.05) is 31.2 Å². The van der Waals surface area contributed by atoms with Crippen molar-refractivity contribution < 1.29 is 4.79 Å². The number of carbonyl (C=O) groups excluding carboxylic acids is 1. The Labute approximate surface area is 156 Å². The van der Waals surface area contributed by atoms with Gasteiger partial charge in [-0.3, -0.25) is 18.7 Å². The molecule has 0 aliphatic carbocycles. The molecule has 0 bridgehead atoms. The lowest BCUT2D eigenvalue weighted by Crippen LogP contribution is -2.38. The topological polar surface area (TPSA) is 90.9 Å². The van der Waals surface area contributed by atoms with Crippen LogP contribution in [0.2, 0.25) is 0 Å². The maximum Gasteiger partial charge on any atom is 0.332 e. The molecule has 1 N–H and O–H groups in total. The van der Waals surface area contributed by atoms with Crippen LogP contribution in [0.5, 0.6) is 0 Å². The van der Waals surface area contributed by atoms with E-state index in [1.54, 1.807) is 7.05 Å². The number of hydrogen-bond donors (Lipinski definition) is 1. The summed E-state index contributed by atoms with van der Waals surface area (Å²) in [4.78, 5) is 40.9. The van der Waals surface area contributed by atoms with Crippen LogP contribution in [-0.2, 0) is 31.9 Å². The summed E-state index contributed by atoms with van der Waals surface area (Å²) < 4.78 is 3.84. The number of carbonyl (C=O) groups is 1. The van der Waals surface area contributed by atoms with Gasteiger partial charge in [0.05, 0.1) is 12.4 Å². The van der Waals surface area contributed by atoms with Crippen LogP contribution in [0.1, 0.15) is 31.0 Å². The van der Waals surface area contributed by atoms with Crippen LogP contribution in [0.25, 0.3) is 11.2 Å². The number of aromatic nitrogens is 4. The second kappa shape index (κ2) is 7.22. The van der Waals surface area contributed by atoms with E-state index in [9.17, 15) is 14.4 Å². The monoisotopic (exact) mass is 369 g/mol. The molecule has 0 unspecified atom stereocenters. The number of nitrogens with zero attached hydrogens (tertiary/aromatic N) is 4. The van der Waals surface area contributed by atoms with E-state index < -0.39 is 11.2 Å². The zero-order valence-electron chi connectivity index (χ0n) is 15.9. The van der Waals surface area contributed by atoms with Gasteiger partial charge in [0.25, 0.3) is 5.56 Å². The largest absolute Gasteiger partial charge is 0.348 e. The third kappa shape index (κ3) is 3.42. The fraction of sp³-hybridized carbons (Fsp3) is 0.368. The zero-order valence-corrected chi connectivity index (χ0v) is 15.9. The number of benzene rings is 1. The lowest BCUT2D eigenvalue weighted by atomic mass is 10.1. The molecular formula is C19H23N5O3. The summed E-state index contributed by atoms with van der Waals surface area (Å²) in [5.41, 5.74) is 1.81. The average Bonchev–Trinajstić information content (AvgIpc) is 3.08. The van der Waals surface area contributed by atoms with Crippen molar-refractivity contribution in [3.8, 4) is 0 Å². The van der Waals surface area contributed by atoms with Gasteiger partial charge in [0.15, 0.2) is 5.52 Å². The molecule has 0 radical (unpaired) electrons. The Kier molecular flexibility index (Phi) is 4.98. The Morgan fingerprint density at radius 1 is 1.15 bits per heavy atom. The quantitative estimate of drug-likeness (QED) is 0.723. The van der Waals surface area contributed by atoms with Crippen LogP contribution < -0.4 is 16.6 Å². The van der Waals surface area contributed by atoms with E-state index in [-0.39, 0.29) is 24.0 Å². The predicted molar refractivity (Wildman–Crippen MR) is 103 cm³/mol. The first-order valence-corrected chi connectivity index (χ1v) is 8.82. The van der Waals surface area contributed by atoms with Crippen molar-refractivity contribution in [1.29, 1.82) is 0 Å². The van der Waals surface area contributed by atoms with Crippen molar-refractivity contribution in [3.05, 3.63) is 62.6 Å². The number of imidazole rings is 1. The number of amides is 1. The number of rotatable bonds is 5. The third-order valence-electron chi connectivity index (χ3n) is 4.79. The molecule has 8 nitrogen and oxygen atoms in total. The molecule has 1 amide bonds. The van der Waals surface area contributed by atoms with E-state index in [2.05, 4.69) is 17.2 Å². The van der Waals surface area contributed by atoms with Crippen LogP contribution in [0, 0.1) is 0 Å². The van der Waals surface area contributed by atoms with Gasteiger partial charge in [0.2, 0.25) is 5.91 Å². The SMILES string of the molecule is CCc1ccc([C@@H](C)NC(=O)Cn2cnc3c(=O)n(C)c(=O)n(C)c32)cc1. The average molecular weight is 369 g/mol. The highest BCUT2D eigenvalue weighted by molar-refractivity contribution is 5.79. The first-order valence-electron chi connectivity index (χ1n) is 8.82. The van der Waals surface area contributed by atoms with Crippen LogP contribution in [0.15, 0.2) is 40.2 Å².